The van der Waals surface area contributed by atoms with Crippen LogP contribution in [0.4, 0.5) is 0 Å². The molecule has 94 valence electrons. The molecule has 0 bridgehead atoms. The molecule has 1 aliphatic heterocycles. The molecule has 1 aliphatic carbocycles. The summed E-state index contributed by atoms with van der Waals surface area (Å²) in [7, 11) is 0. The molecule has 0 saturated heterocycles. The zero-order chi connectivity index (χ0) is 12.6. The van der Waals surface area contributed by atoms with Gasteiger partial charge in [-0.1, -0.05) is 0 Å². The molecular weight excluding hydrogens is 234 g/mol. The van der Waals surface area contributed by atoms with Gasteiger partial charge in [-0.05, 0) is 18.9 Å². The summed E-state index contributed by atoms with van der Waals surface area (Å²) in [6.07, 6.45) is 3.88. The van der Waals surface area contributed by atoms with Crippen LogP contribution in [-0.2, 0) is 10.3 Å². The maximum Gasteiger partial charge on any atom is 0.235 e. The van der Waals surface area contributed by atoms with Crippen LogP contribution in [0.3, 0.4) is 0 Å². The summed E-state index contributed by atoms with van der Waals surface area (Å²) in [6.45, 7) is 1.16. The second-order valence-corrected chi connectivity index (χ2v) is 4.60. The van der Waals surface area contributed by atoms with E-state index < -0.39 is 5.54 Å². The number of aromatic hydroxyl groups is 1. The average Bonchev–Trinajstić information content (AvgIpc) is 3.13. The Morgan fingerprint density at radius 3 is 2.50 bits per heavy atom. The summed E-state index contributed by atoms with van der Waals surface area (Å²) in [4.78, 5) is 14.3. The predicted molar refractivity (Wildman–Crippen MR) is 62.7 cm³/mol. The van der Waals surface area contributed by atoms with Crippen LogP contribution >= 0.6 is 0 Å². The van der Waals surface area contributed by atoms with E-state index in [0.717, 1.165) is 19.3 Å². The summed E-state index contributed by atoms with van der Waals surface area (Å²) in [5.41, 5.74) is 0.0198. The predicted octanol–water partition coefficient (Wildman–Crippen LogP) is 1.88. The van der Waals surface area contributed by atoms with Gasteiger partial charge in [0, 0.05) is 18.1 Å². The van der Waals surface area contributed by atoms with Crippen molar-refractivity contribution in [2.24, 2.45) is 4.99 Å². The number of fused-ring (bicyclic) bond motifs is 1. The molecule has 0 atom stereocenters. The summed E-state index contributed by atoms with van der Waals surface area (Å²) >= 11 is 0. The highest BCUT2D eigenvalue weighted by Crippen LogP contribution is 2.54. The Morgan fingerprint density at radius 2 is 1.89 bits per heavy atom. The Labute approximate surface area is 104 Å². The Balaban J connectivity index is 2.06. The van der Waals surface area contributed by atoms with E-state index in [0.29, 0.717) is 30.3 Å². The maximum atomic E-state index is 10.5. The lowest BCUT2D eigenvalue weighted by Gasteiger charge is -2.14. The fourth-order valence-corrected chi connectivity index (χ4v) is 2.22. The molecule has 1 saturated carbocycles. The van der Waals surface area contributed by atoms with Gasteiger partial charge < -0.3 is 14.6 Å². The fourth-order valence-electron chi connectivity index (χ4n) is 2.22. The molecule has 0 radical (unpaired) electrons. The van der Waals surface area contributed by atoms with Crippen LogP contribution in [0.25, 0.3) is 0 Å². The lowest BCUT2D eigenvalue weighted by atomic mass is 10.0. The third kappa shape index (κ3) is 1.73. The molecule has 0 spiro atoms. The van der Waals surface area contributed by atoms with Gasteiger partial charge in [-0.3, -0.25) is 0 Å². The van der Waals surface area contributed by atoms with Crippen molar-refractivity contribution in [2.75, 3.05) is 13.2 Å². The zero-order valence-corrected chi connectivity index (χ0v) is 9.81. The van der Waals surface area contributed by atoms with Crippen LogP contribution in [0.5, 0.6) is 17.2 Å². The molecule has 1 aromatic carbocycles. The third-order valence-corrected chi connectivity index (χ3v) is 3.35. The molecule has 18 heavy (non-hydrogen) atoms. The highest BCUT2D eigenvalue weighted by Gasteiger charge is 2.47. The number of nitrogens with zero attached hydrogens (tertiary/aromatic N) is 1. The van der Waals surface area contributed by atoms with Gasteiger partial charge in [-0.15, -0.1) is 0 Å². The van der Waals surface area contributed by atoms with Crippen molar-refractivity contribution in [1.29, 1.82) is 0 Å². The van der Waals surface area contributed by atoms with Crippen molar-refractivity contribution in [3.8, 4) is 17.2 Å². The van der Waals surface area contributed by atoms with Crippen molar-refractivity contribution in [3.63, 3.8) is 0 Å². The van der Waals surface area contributed by atoms with E-state index in [1.807, 2.05) is 0 Å². The highest BCUT2D eigenvalue weighted by atomic mass is 16.5. The molecule has 0 aromatic heterocycles. The van der Waals surface area contributed by atoms with E-state index in [9.17, 15) is 9.90 Å². The van der Waals surface area contributed by atoms with Crippen molar-refractivity contribution in [1.82, 2.24) is 0 Å². The van der Waals surface area contributed by atoms with Crippen LogP contribution in [0.15, 0.2) is 17.1 Å². The number of ether oxygens (including phenoxy) is 2. The first-order valence-electron chi connectivity index (χ1n) is 5.97. The first-order chi connectivity index (χ1) is 8.75. The number of carbonyl (C=O) groups excluding carboxylic acids is 1. The second-order valence-electron chi connectivity index (χ2n) is 4.60. The Morgan fingerprint density at radius 1 is 1.22 bits per heavy atom. The molecule has 3 rings (SSSR count). The van der Waals surface area contributed by atoms with E-state index >= 15 is 0 Å². The number of hydrogen-bond donors (Lipinski definition) is 1. The smallest absolute Gasteiger partial charge is 0.235 e. The monoisotopic (exact) mass is 247 g/mol. The molecule has 1 N–H and O–H groups in total. The van der Waals surface area contributed by atoms with Crippen LogP contribution < -0.4 is 9.47 Å². The number of aliphatic imine (C=N–C) groups is 1. The minimum absolute atomic E-state index is 0.0933. The number of phenolic OH excluding ortho intramolecular Hbond substituents is 1. The Bertz CT molecular complexity index is 530. The lowest BCUT2D eigenvalue weighted by molar-refractivity contribution is 0.296. The summed E-state index contributed by atoms with van der Waals surface area (Å²) < 4.78 is 11.1. The van der Waals surface area contributed by atoms with Gasteiger partial charge >= 0.3 is 0 Å². The standard InChI is InChI=1S/C13H13NO4/c15-8-14-13(2-3-13)9-6-11-12(7-10(9)16)18-5-1-4-17-11/h6-7,16H,1-5H2. The van der Waals surface area contributed by atoms with Crippen LogP contribution in [-0.4, -0.2) is 24.4 Å². The Kier molecular flexibility index (Phi) is 2.49. The zero-order valence-electron chi connectivity index (χ0n) is 9.81. The van der Waals surface area contributed by atoms with Gasteiger partial charge in [0.15, 0.2) is 11.5 Å². The molecular formula is C13H13NO4. The van der Waals surface area contributed by atoms with Crippen molar-refractivity contribution >= 4 is 6.08 Å². The van der Waals surface area contributed by atoms with Crippen molar-refractivity contribution in [2.45, 2.75) is 24.8 Å². The van der Waals surface area contributed by atoms with E-state index in [-0.39, 0.29) is 5.75 Å². The number of hydrogen-bond acceptors (Lipinski definition) is 5. The second kappa shape index (κ2) is 4.03. The minimum atomic E-state index is -0.601. The van der Waals surface area contributed by atoms with E-state index in [1.54, 1.807) is 12.1 Å². The maximum absolute atomic E-state index is 10.5. The van der Waals surface area contributed by atoms with Gasteiger partial charge in [0.2, 0.25) is 6.08 Å². The summed E-state index contributed by atoms with van der Waals surface area (Å²) in [5.74, 6) is 1.24. The number of benzene rings is 1. The fraction of sp³-hybridized carbons (Fsp3) is 0.462. The van der Waals surface area contributed by atoms with Crippen LogP contribution in [0.1, 0.15) is 24.8 Å². The number of phenols is 1. The van der Waals surface area contributed by atoms with E-state index in [2.05, 4.69) is 4.99 Å². The van der Waals surface area contributed by atoms with Gasteiger partial charge in [0.1, 0.15) is 11.3 Å². The molecule has 1 fully saturated rings. The van der Waals surface area contributed by atoms with Gasteiger partial charge in [0.05, 0.1) is 13.2 Å². The minimum Gasteiger partial charge on any atom is -0.507 e. The van der Waals surface area contributed by atoms with Crippen LogP contribution in [0, 0.1) is 0 Å². The Hall–Kier alpha value is -2.00. The highest BCUT2D eigenvalue weighted by molar-refractivity contribution is 5.55. The molecule has 2 aliphatic rings. The van der Waals surface area contributed by atoms with Crippen molar-refractivity contribution < 1.29 is 19.4 Å². The first kappa shape index (κ1) is 11.1. The van der Waals surface area contributed by atoms with Gasteiger partial charge in [-0.25, -0.2) is 4.79 Å². The molecule has 5 nitrogen and oxygen atoms in total. The van der Waals surface area contributed by atoms with E-state index in [4.69, 9.17) is 9.47 Å². The van der Waals surface area contributed by atoms with Gasteiger partial charge in [-0.2, -0.15) is 4.99 Å². The summed E-state index contributed by atoms with van der Waals surface area (Å²) in [5, 5.41) is 10.0. The lowest BCUT2D eigenvalue weighted by Crippen LogP contribution is -2.04. The van der Waals surface area contributed by atoms with E-state index in [1.165, 1.54) is 6.07 Å². The quantitative estimate of drug-likeness (QED) is 0.640. The number of rotatable bonds is 2. The number of isocyanates is 1. The molecule has 1 aromatic rings. The molecule has 5 heteroatoms. The largest absolute Gasteiger partial charge is 0.507 e. The average molecular weight is 247 g/mol. The molecule has 1 heterocycles. The third-order valence-electron chi connectivity index (χ3n) is 3.35. The topological polar surface area (TPSA) is 68.1 Å². The molecule has 0 amide bonds. The molecule has 0 unspecified atom stereocenters. The SMILES string of the molecule is O=C=NC1(c2cc3c(cc2O)OCCCO3)CC1. The normalized spacial score (nSPS) is 19.6. The first-order valence-corrected chi connectivity index (χ1v) is 5.97. The summed E-state index contributed by atoms with van der Waals surface area (Å²) in [6, 6.07) is 3.26. The van der Waals surface area contributed by atoms with Gasteiger partial charge in [0.25, 0.3) is 0 Å². The van der Waals surface area contributed by atoms with Crippen LogP contribution in [0.2, 0.25) is 0 Å². The van der Waals surface area contributed by atoms with Crippen molar-refractivity contribution in [3.05, 3.63) is 17.7 Å².